The number of amides is 1. The molecule has 1 atom stereocenters. The van der Waals surface area contributed by atoms with Gasteiger partial charge in [-0.15, -0.1) is 0 Å². The van der Waals surface area contributed by atoms with Gasteiger partial charge in [-0.2, -0.15) is 0 Å². The number of fused-ring (bicyclic) bond motifs is 1. The van der Waals surface area contributed by atoms with Crippen LogP contribution in [0.4, 0.5) is 0 Å². The van der Waals surface area contributed by atoms with Crippen molar-refractivity contribution in [2.45, 2.75) is 6.04 Å². The summed E-state index contributed by atoms with van der Waals surface area (Å²) in [7, 11) is 0. The number of hydrogen-bond donors (Lipinski definition) is 1. The average molecular weight is 237 g/mol. The normalized spacial score (nSPS) is 16.6. The van der Waals surface area contributed by atoms with Crippen molar-refractivity contribution in [3.63, 3.8) is 0 Å². The van der Waals surface area contributed by atoms with Gasteiger partial charge in [0.15, 0.2) is 0 Å². The van der Waals surface area contributed by atoms with E-state index in [0.29, 0.717) is 5.56 Å². The number of pyridine rings is 1. The monoisotopic (exact) mass is 237 g/mol. The first-order chi connectivity index (χ1) is 8.75. The lowest BCUT2D eigenvalue weighted by Gasteiger charge is -2.02. The van der Waals surface area contributed by atoms with Crippen LogP contribution in [0.2, 0.25) is 0 Å². The summed E-state index contributed by atoms with van der Waals surface area (Å²) >= 11 is 0. The lowest BCUT2D eigenvalue weighted by atomic mass is 10.1. The second-order valence-corrected chi connectivity index (χ2v) is 4.13. The third-order valence-corrected chi connectivity index (χ3v) is 2.98. The summed E-state index contributed by atoms with van der Waals surface area (Å²) in [5, 5.41) is 1.62. The van der Waals surface area contributed by atoms with Gasteiger partial charge in [0.05, 0.1) is 11.4 Å². The maximum Gasteiger partial charge on any atom is 0.249 e. The Morgan fingerprint density at radius 1 is 1.22 bits per heavy atom. The van der Waals surface area contributed by atoms with E-state index in [1.807, 2.05) is 24.3 Å². The molecule has 18 heavy (non-hydrogen) atoms. The Hall–Kier alpha value is -2.49. The van der Waals surface area contributed by atoms with Gasteiger partial charge in [-0.25, -0.2) is 0 Å². The van der Waals surface area contributed by atoms with Gasteiger partial charge in [-0.3, -0.25) is 14.8 Å². The van der Waals surface area contributed by atoms with Gasteiger partial charge >= 0.3 is 0 Å². The highest BCUT2D eigenvalue weighted by molar-refractivity contribution is 5.93. The van der Waals surface area contributed by atoms with Gasteiger partial charge in [0.1, 0.15) is 0 Å². The molecule has 1 aliphatic heterocycles. The lowest BCUT2D eigenvalue weighted by molar-refractivity contribution is 0.0999. The summed E-state index contributed by atoms with van der Waals surface area (Å²) in [6.45, 7) is 0. The number of rotatable bonds is 2. The van der Waals surface area contributed by atoms with Crippen molar-refractivity contribution < 1.29 is 4.79 Å². The van der Waals surface area contributed by atoms with E-state index >= 15 is 0 Å². The van der Waals surface area contributed by atoms with Crippen LogP contribution in [0.5, 0.6) is 0 Å². The molecule has 0 fully saturated rings. The predicted octanol–water partition coefficient (Wildman–Crippen LogP) is 0.335. The van der Waals surface area contributed by atoms with E-state index in [-0.39, 0.29) is 6.04 Å². The maximum atomic E-state index is 11.4. The molecule has 2 N–H and O–H groups in total. The molecule has 3 rings (SSSR count). The van der Waals surface area contributed by atoms with Crippen LogP contribution in [0.1, 0.15) is 22.0 Å². The fraction of sp³-hybridized carbons (Fsp3) is 0.0714. The zero-order valence-corrected chi connectivity index (χ0v) is 9.58. The van der Waals surface area contributed by atoms with Crippen molar-refractivity contribution in [2.75, 3.05) is 0 Å². The minimum atomic E-state index is -0.426. The van der Waals surface area contributed by atoms with Crippen molar-refractivity contribution in [1.82, 2.24) is 4.98 Å². The first-order valence-electron chi connectivity index (χ1n) is 5.64. The number of hydrogen-bond acceptors (Lipinski definition) is 3. The van der Waals surface area contributed by atoms with Crippen LogP contribution in [0.15, 0.2) is 47.7 Å². The molecule has 1 amide bonds. The van der Waals surface area contributed by atoms with Gasteiger partial charge in [0.25, 0.3) is 0 Å². The van der Waals surface area contributed by atoms with Crippen LogP contribution in [0.25, 0.3) is 6.08 Å². The number of carbonyl (C=O) groups is 1. The third kappa shape index (κ3) is 1.68. The second-order valence-electron chi connectivity index (χ2n) is 4.13. The van der Waals surface area contributed by atoms with Crippen LogP contribution < -0.4 is 16.3 Å². The van der Waals surface area contributed by atoms with Crippen LogP contribution in [0, 0.1) is 0 Å². The Balaban J connectivity index is 2.17. The van der Waals surface area contributed by atoms with Gasteiger partial charge in [0, 0.05) is 23.2 Å². The molecule has 1 unspecified atom stereocenters. The molecular weight excluding hydrogens is 226 g/mol. The molecule has 4 nitrogen and oxygen atoms in total. The van der Waals surface area contributed by atoms with Crippen molar-refractivity contribution in [3.8, 4) is 0 Å². The molecule has 0 aliphatic carbocycles. The molecule has 2 aromatic rings. The van der Waals surface area contributed by atoms with E-state index < -0.39 is 5.91 Å². The Labute approximate surface area is 104 Å². The number of benzene rings is 1. The van der Waals surface area contributed by atoms with Crippen LogP contribution >= 0.6 is 0 Å². The van der Waals surface area contributed by atoms with Crippen molar-refractivity contribution in [1.29, 1.82) is 0 Å². The fourth-order valence-electron chi connectivity index (χ4n) is 2.12. The van der Waals surface area contributed by atoms with Crippen LogP contribution in [0.3, 0.4) is 0 Å². The van der Waals surface area contributed by atoms with Crippen molar-refractivity contribution >= 4 is 12.0 Å². The van der Waals surface area contributed by atoms with E-state index in [1.165, 1.54) is 0 Å². The van der Waals surface area contributed by atoms with Crippen molar-refractivity contribution in [2.24, 2.45) is 10.7 Å². The Morgan fingerprint density at radius 2 is 2.11 bits per heavy atom. The molecule has 0 radical (unpaired) electrons. The van der Waals surface area contributed by atoms with E-state index in [2.05, 4.69) is 9.98 Å². The van der Waals surface area contributed by atoms with Crippen LogP contribution in [-0.4, -0.2) is 10.9 Å². The zero-order chi connectivity index (χ0) is 12.5. The minimum absolute atomic E-state index is 0.0887. The van der Waals surface area contributed by atoms with E-state index in [1.54, 1.807) is 24.5 Å². The molecule has 0 saturated heterocycles. The SMILES string of the molecule is NC(=O)c1cccc2c1=CC(c1cccnc1)N=2. The van der Waals surface area contributed by atoms with Gasteiger partial charge in [-0.1, -0.05) is 12.1 Å². The quantitative estimate of drug-likeness (QED) is 0.818. The fourth-order valence-corrected chi connectivity index (χ4v) is 2.12. The highest BCUT2D eigenvalue weighted by Crippen LogP contribution is 2.18. The Bertz CT molecular complexity index is 722. The number of primary amides is 1. The molecule has 0 spiro atoms. The molecule has 0 saturated carbocycles. The number of nitrogens with zero attached hydrogens (tertiary/aromatic N) is 2. The molecule has 1 aromatic heterocycles. The second kappa shape index (κ2) is 4.07. The van der Waals surface area contributed by atoms with E-state index in [4.69, 9.17) is 5.73 Å². The Kier molecular flexibility index (Phi) is 2.41. The summed E-state index contributed by atoms with van der Waals surface area (Å²) in [5.74, 6) is -0.426. The highest BCUT2D eigenvalue weighted by Gasteiger charge is 2.14. The Morgan fingerprint density at radius 3 is 2.83 bits per heavy atom. The minimum Gasteiger partial charge on any atom is -0.366 e. The molecule has 0 bridgehead atoms. The molecule has 88 valence electrons. The van der Waals surface area contributed by atoms with Gasteiger partial charge < -0.3 is 5.73 Å². The zero-order valence-electron chi connectivity index (χ0n) is 9.58. The molecular formula is C14H11N3O. The van der Waals surface area contributed by atoms with Crippen LogP contribution in [-0.2, 0) is 0 Å². The summed E-state index contributed by atoms with van der Waals surface area (Å²) in [6.07, 6.45) is 5.45. The standard InChI is InChI=1S/C14H11N3O/c15-14(18)10-4-1-5-12-11(10)7-13(17-12)9-3-2-6-16-8-9/h1-8,13H,(H2,15,18). The first kappa shape index (κ1) is 10.7. The maximum absolute atomic E-state index is 11.4. The van der Waals surface area contributed by atoms with Gasteiger partial charge in [-0.05, 0) is 29.8 Å². The number of carbonyl (C=O) groups excluding carboxylic acids is 1. The molecule has 1 aliphatic rings. The first-order valence-corrected chi connectivity index (χ1v) is 5.64. The summed E-state index contributed by atoms with van der Waals surface area (Å²) in [6, 6.07) is 9.15. The molecule has 2 heterocycles. The number of nitrogens with two attached hydrogens (primary N) is 1. The van der Waals surface area contributed by atoms with E-state index in [9.17, 15) is 4.79 Å². The van der Waals surface area contributed by atoms with Crippen molar-refractivity contribution in [3.05, 3.63) is 64.4 Å². The van der Waals surface area contributed by atoms with Gasteiger partial charge in [0.2, 0.25) is 5.91 Å². The third-order valence-electron chi connectivity index (χ3n) is 2.98. The smallest absolute Gasteiger partial charge is 0.249 e. The average Bonchev–Trinajstić information content (AvgIpc) is 2.83. The number of aromatic nitrogens is 1. The highest BCUT2D eigenvalue weighted by atomic mass is 16.1. The summed E-state index contributed by atoms with van der Waals surface area (Å²) in [4.78, 5) is 20.0. The topological polar surface area (TPSA) is 68.3 Å². The lowest BCUT2D eigenvalue weighted by Crippen LogP contribution is -2.31. The summed E-state index contributed by atoms with van der Waals surface area (Å²) < 4.78 is 0. The summed E-state index contributed by atoms with van der Waals surface area (Å²) in [5.41, 5.74) is 6.88. The largest absolute Gasteiger partial charge is 0.366 e. The predicted molar refractivity (Wildman–Crippen MR) is 67.2 cm³/mol. The molecule has 4 heteroatoms. The molecule has 1 aromatic carbocycles. The van der Waals surface area contributed by atoms with E-state index in [0.717, 1.165) is 16.1 Å².